The molecule has 1 aromatic heterocycles. The molecule has 0 saturated carbocycles. The summed E-state index contributed by atoms with van der Waals surface area (Å²) in [6, 6.07) is 0.168. The minimum absolute atomic E-state index is 0.168. The van der Waals surface area contributed by atoms with Gasteiger partial charge in [0.1, 0.15) is 6.33 Å². The summed E-state index contributed by atoms with van der Waals surface area (Å²) in [5.74, 6) is 1.23. The topological polar surface area (TPSA) is 54.9 Å². The van der Waals surface area contributed by atoms with Crippen molar-refractivity contribution < 1.29 is 8.60 Å². The number of nitrogens with zero attached hydrogens (tertiary/aromatic N) is 2. The lowest BCUT2D eigenvalue weighted by molar-refractivity contribution is 0.586. The van der Waals surface area contributed by atoms with E-state index in [0.717, 1.165) is 12.8 Å². The van der Waals surface area contributed by atoms with Gasteiger partial charge in [-0.15, -0.1) is 0 Å². The highest BCUT2D eigenvalue weighted by molar-refractivity contribution is 7.85. The van der Waals surface area contributed by atoms with E-state index in [-0.39, 0.29) is 11.9 Å². The van der Waals surface area contributed by atoms with Crippen molar-refractivity contribution in [3.8, 4) is 0 Å². The van der Waals surface area contributed by atoms with Crippen LogP contribution in [0.2, 0.25) is 0 Å². The quantitative estimate of drug-likeness (QED) is 0.849. The maximum Gasteiger partial charge on any atom is 0.186 e. The van der Waals surface area contributed by atoms with E-state index in [4.69, 9.17) is 0 Å². The van der Waals surface area contributed by atoms with Gasteiger partial charge in [-0.25, -0.2) is 14.4 Å². The van der Waals surface area contributed by atoms with E-state index in [1.807, 2.05) is 0 Å². The predicted octanol–water partition coefficient (Wildman–Crippen LogP) is 1.25. The Morgan fingerprint density at radius 1 is 1.44 bits per heavy atom. The van der Waals surface area contributed by atoms with E-state index in [1.165, 1.54) is 6.33 Å². The molecule has 6 heteroatoms. The lowest BCUT2D eigenvalue weighted by atomic mass is 10.1. The molecule has 1 aliphatic rings. The summed E-state index contributed by atoms with van der Waals surface area (Å²) in [4.78, 5) is 7.65. The third-order valence-electron chi connectivity index (χ3n) is 2.69. The number of aryl methyl sites for hydroxylation is 1. The number of nitrogens with one attached hydrogen (secondary N) is 1. The Morgan fingerprint density at radius 2 is 2.12 bits per heavy atom. The van der Waals surface area contributed by atoms with Crippen molar-refractivity contribution in [3.63, 3.8) is 0 Å². The highest BCUT2D eigenvalue weighted by Crippen LogP contribution is 2.17. The standard InChI is InChI=1S/C10H14FN3OS/c1-7-9(11)10(13-6-12-7)14-8-2-4-16(15)5-3-8/h6,8H,2-5H2,1H3,(H,12,13,14). The van der Waals surface area contributed by atoms with Crippen LogP contribution in [0.4, 0.5) is 10.2 Å². The van der Waals surface area contributed by atoms with Crippen LogP contribution in [0.5, 0.6) is 0 Å². The second kappa shape index (κ2) is 4.86. The normalized spacial score (nSPS) is 25.4. The van der Waals surface area contributed by atoms with E-state index in [2.05, 4.69) is 15.3 Å². The van der Waals surface area contributed by atoms with Crippen LogP contribution in [0.1, 0.15) is 18.5 Å². The molecule has 0 aromatic carbocycles. The Morgan fingerprint density at radius 3 is 2.81 bits per heavy atom. The van der Waals surface area contributed by atoms with Crippen LogP contribution in [0.3, 0.4) is 0 Å². The smallest absolute Gasteiger partial charge is 0.186 e. The molecule has 2 heterocycles. The van der Waals surface area contributed by atoms with Gasteiger partial charge in [0, 0.05) is 28.3 Å². The summed E-state index contributed by atoms with van der Waals surface area (Å²) in [7, 11) is -0.695. The molecule has 1 N–H and O–H groups in total. The second-order valence-corrected chi connectivity index (χ2v) is 5.58. The molecule has 0 aliphatic carbocycles. The number of rotatable bonds is 2. The molecule has 0 amide bonds. The first-order valence-electron chi connectivity index (χ1n) is 5.25. The van der Waals surface area contributed by atoms with Crippen LogP contribution in [-0.4, -0.2) is 31.7 Å². The van der Waals surface area contributed by atoms with Crippen LogP contribution in [0, 0.1) is 12.7 Å². The molecule has 1 aromatic rings. The van der Waals surface area contributed by atoms with Gasteiger partial charge in [0.25, 0.3) is 0 Å². The highest BCUT2D eigenvalue weighted by Gasteiger charge is 2.19. The van der Waals surface area contributed by atoms with E-state index in [0.29, 0.717) is 17.2 Å². The summed E-state index contributed by atoms with van der Waals surface area (Å²) in [6.45, 7) is 1.61. The average molecular weight is 243 g/mol. The molecule has 2 rings (SSSR count). The van der Waals surface area contributed by atoms with Crippen LogP contribution in [0.25, 0.3) is 0 Å². The molecular formula is C10H14FN3OS. The van der Waals surface area contributed by atoms with Crippen molar-refractivity contribution >= 4 is 16.6 Å². The van der Waals surface area contributed by atoms with E-state index >= 15 is 0 Å². The Bertz CT molecular complexity index is 403. The molecule has 0 radical (unpaired) electrons. The molecule has 4 nitrogen and oxygen atoms in total. The molecule has 1 saturated heterocycles. The largest absolute Gasteiger partial charge is 0.365 e. The van der Waals surface area contributed by atoms with E-state index in [1.54, 1.807) is 6.92 Å². The van der Waals surface area contributed by atoms with Crippen LogP contribution < -0.4 is 5.32 Å². The molecule has 0 atom stereocenters. The SMILES string of the molecule is Cc1ncnc(NC2CCS(=O)CC2)c1F. The number of aromatic nitrogens is 2. The number of anilines is 1. The molecule has 88 valence electrons. The van der Waals surface area contributed by atoms with Gasteiger partial charge in [0.15, 0.2) is 11.6 Å². The fourth-order valence-electron chi connectivity index (χ4n) is 1.69. The zero-order valence-corrected chi connectivity index (χ0v) is 9.89. The lowest BCUT2D eigenvalue weighted by Gasteiger charge is -2.23. The molecule has 0 bridgehead atoms. The molecule has 0 unspecified atom stereocenters. The predicted molar refractivity (Wildman–Crippen MR) is 61.2 cm³/mol. The number of hydrogen-bond acceptors (Lipinski definition) is 4. The van der Waals surface area contributed by atoms with Gasteiger partial charge >= 0.3 is 0 Å². The molecule has 1 aliphatic heterocycles. The van der Waals surface area contributed by atoms with E-state index < -0.39 is 16.6 Å². The van der Waals surface area contributed by atoms with Gasteiger partial charge in [0.05, 0.1) is 5.69 Å². The van der Waals surface area contributed by atoms with E-state index in [9.17, 15) is 8.60 Å². The third-order valence-corrected chi connectivity index (χ3v) is 4.07. The summed E-state index contributed by atoms with van der Waals surface area (Å²) in [6.07, 6.45) is 2.95. The highest BCUT2D eigenvalue weighted by atomic mass is 32.2. The summed E-state index contributed by atoms with van der Waals surface area (Å²) in [5.41, 5.74) is 0.344. The number of hydrogen-bond donors (Lipinski definition) is 1. The van der Waals surface area contributed by atoms with Gasteiger partial charge in [-0.05, 0) is 19.8 Å². The van der Waals surface area contributed by atoms with Gasteiger partial charge in [-0.2, -0.15) is 0 Å². The fourth-order valence-corrected chi connectivity index (χ4v) is 2.99. The molecular weight excluding hydrogens is 229 g/mol. The second-order valence-electron chi connectivity index (χ2n) is 3.89. The number of halogens is 1. The first kappa shape index (κ1) is 11.4. The Labute approximate surface area is 96.1 Å². The molecule has 16 heavy (non-hydrogen) atoms. The molecule has 1 fully saturated rings. The van der Waals surface area contributed by atoms with Crippen LogP contribution in [-0.2, 0) is 10.8 Å². The summed E-state index contributed by atoms with van der Waals surface area (Å²) < 4.78 is 24.8. The van der Waals surface area contributed by atoms with Gasteiger partial charge in [-0.3, -0.25) is 4.21 Å². The zero-order chi connectivity index (χ0) is 11.5. The fraction of sp³-hybridized carbons (Fsp3) is 0.600. The van der Waals surface area contributed by atoms with Crippen molar-refractivity contribution in [1.82, 2.24) is 9.97 Å². The average Bonchev–Trinajstić information content (AvgIpc) is 2.28. The van der Waals surface area contributed by atoms with Gasteiger partial charge in [0.2, 0.25) is 0 Å². The van der Waals surface area contributed by atoms with Crippen LogP contribution in [0.15, 0.2) is 6.33 Å². The van der Waals surface area contributed by atoms with Crippen molar-refractivity contribution in [2.45, 2.75) is 25.8 Å². The maximum atomic E-state index is 13.6. The first-order chi connectivity index (χ1) is 7.66. The van der Waals surface area contributed by atoms with Gasteiger partial charge in [-0.1, -0.05) is 0 Å². The van der Waals surface area contributed by atoms with Gasteiger partial charge < -0.3 is 5.32 Å². The summed E-state index contributed by atoms with van der Waals surface area (Å²) >= 11 is 0. The summed E-state index contributed by atoms with van der Waals surface area (Å²) in [5, 5.41) is 3.05. The molecule has 0 spiro atoms. The van der Waals surface area contributed by atoms with Crippen molar-refractivity contribution in [1.29, 1.82) is 0 Å². The van der Waals surface area contributed by atoms with Crippen molar-refractivity contribution in [2.24, 2.45) is 0 Å². The Balaban J connectivity index is 2.04. The van der Waals surface area contributed by atoms with Crippen molar-refractivity contribution in [3.05, 3.63) is 17.8 Å². The zero-order valence-electron chi connectivity index (χ0n) is 9.07. The maximum absolute atomic E-state index is 13.6. The minimum atomic E-state index is -0.695. The monoisotopic (exact) mass is 243 g/mol. The Hall–Kier alpha value is -1.04. The van der Waals surface area contributed by atoms with Crippen molar-refractivity contribution in [2.75, 3.05) is 16.8 Å². The minimum Gasteiger partial charge on any atom is -0.365 e. The third kappa shape index (κ3) is 2.55. The Kier molecular flexibility index (Phi) is 3.48. The van der Waals surface area contributed by atoms with Crippen LogP contribution >= 0.6 is 0 Å². The first-order valence-corrected chi connectivity index (χ1v) is 6.74. The lowest BCUT2D eigenvalue weighted by Crippen LogP contribution is -2.30.